The highest BCUT2D eigenvalue weighted by Crippen LogP contribution is 2.67. The molecule has 5 aliphatic rings. The summed E-state index contributed by atoms with van der Waals surface area (Å²) in [6.07, 6.45) is 3.02. The van der Waals surface area contributed by atoms with Crippen LogP contribution in [-0.4, -0.2) is 56.9 Å². The van der Waals surface area contributed by atoms with Crippen molar-refractivity contribution in [2.45, 2.75) is 117 Å². The van der Waals surface area contributed by atoms with E-state index in [0.29, 0.717) is 31.1 Å². The van der Waals surface area contributed by atoms with Crippen LogP contribution >= 0.6 is 0 Å². The van der Waals surface area contributed by atoms with Crippen molar-refractivity contribution in [2.24, 2.45) is 58.2 Å². The monoisotopic (exact) mass is 492 g/mol. The van der Waals surface area contributed by atoms with E-state index in [1.165, 1.54) is 0 Å². The first-order valence-electron chi connectivity index (χ1n) is 14.3. The van der Waals surface area contributed by atoms with Gasteiger partial charge in [0.2, 0.25) is 0 Å². The molecular formula is C29H48O6. The number of aliphatic hydroxyl groups excluding tert-OH is 4. The lowest BCUT2D eigenvalue weighted by Gasteiger charge is -2.63. The quantitative estimate of drug-likeness (QED) is 0.480. The van der Waals surface area contributed by atoms with Crippen LogP contribution in [0.5, 0.6) is 0 Å². The van der Waals surface area contributed by atoms with Crippen LogP contribution in [0.25, 0.3) is 0 Å². The first-order chi connectivity index (χ1) is 16.4. The van der Waals surface area contributed by atoms with E-state index in [0.717, 1.165) is 32.1 Å². The van der Waals surface area contributed by atoms with Crippen LogP contribution in [0.3, 0.4) is 0 Å². The van der Waals surface area contributed by atoms with Crippen LogP contribution in [-0.2, 0) is 9.53 Å². The molecule has 1 heterocycles. The summed E-state index contributed by atoms with van der Waals surface area (Å²) in [7, 11) is 0. The van der Waals surface area contributed by atoms with Crippen LogP contribution in [0, 0.1) is 58.2 Å². The third-order valence-electron chi connectivity index (χ3n) is 12.1. The van der Waals surface area contributed by atoms with Gasteiger partial charge in [-0.3, -0.25) is 4.79 Å². The molecule has 0 amide bonds. The summed E-state index contributed by atoms with van der Waals surface area (Å²) in [4.78, 5) is 13.7. The third-order valence-corrected chi connectivity index (χ3v) is 12.1. The van der Waals surface area contributed by atoms with E-state index < -0.39 is 24.6 Å². The van der Waals surface area contributed by atoms with Gasteiger partial charge < -0.3 is 25.2 Å². The second kappa shape index (κ2) is 9.04. The fourth-order valence-corrected chi connectivity index (χ4v) is 9.96. The molecule has 1 aliphatic heterocycles. The molecule has 1 saturated heterocycles. The Morgan fingerprint density at radius 1 is 0.886 bits per heavy atom. The zero-order valence-corrected chi connectivity index (χ0v) is 22.3. The average Bonchev–Trinajstić information content (AvgIpc) is 3.08. The van der Waals surface area contributed by atoms with Gasteiger partial charge in [0.05, 0.1) is 24.4 Å². The highest BCUT2D eigenvalue weighted by atomic mass is 16.6. The summed E-state index contributed by atoms with van der Waals surface area (Å²) >= 11 is 0. The van der Waals surface area contributed by atoms with Crippen molar-refractivity contribution < 1.29 is 30.0 Å². The predicted octanol–water partition coefficient (Wildman–Crippen LogP) is 3.53. The number of fused-ring (bicyclic) bond motifs is 5. The van der Waals surface area contributed by atoms with E-state index in [2.05, 4.69) is 34.6 Å². The molecule has 5 rings (SSSR count). The van der Waals surface area contributed by atoms with Crippen LogP contribution in [0.1, 0.15) is 86.0 Å². The van der Waals surface area contributed by atoms with E-state index in [-0.39, 0.29) is 58.2 Å². The maximum atomic E-state index is 13.7. The van der Waals surface area contributed by atoms with Crippen molar-refractivity contribution in [1.29, 1.82) is 0 Å². The van der Waals surface area contributed by atoms with Gasteiger partial charge in [0.25, 0.3) is 0 Å². The fraction of sp³-hybridized carbons (Fsp3) is 0.966. The molecule has 0 aromatic carbocycles. The van der Waals surface area contributed by atoms with Crippen molar-refractivity contribution in [3.05, 3.63) is 0 Å². The van der Waals surface area contributed by atoms with E-state index in [1.807, 2.05) is 0 Å². The molecule has 200 valence electrons. The molecule has 0 bridgehead atoms. The lowest BCUT2D eigenvalue weighted by molar-refractivity contribution is -0.227. The molecule has 6 unspecified atom stereocenters. The lowest BCUT2D eigenvalue weighted by atomic mass is 9.43. The highest BCUT2D eigenvalue weighted by Gasteiger charge is 2.67. The minimum atomic E-state index is -0.927. The smallest absolute Gasteiger partial charge is 0.155 e. The summed E-state index contributed by atoms with van der Waals surface area (Å²) in [5.74, 6) is 0.997. The molecule has 4 aliphatic carbocycles. The molecule has 0 radical (unpaired) electrons. The van der Waals surface area contributed by atoms with E-state index in [9.17, 15) is 25.2 Å². The second-order valence-corrected chi connectivity index (χ2v) is 14.0. The van der Waals surface area contributed by atoms with Crippen LogP contribution in [0.2, 0.25) is 0 Å². The van der Waals surface area contributed by atoms with Gasteiger partial charge in [0.15, 0.2) is 6.29 Å². The Kier molecular flexibility index (Phi) is 6.74. The topological polar surface area (TPSA) is 107 Å². The maximum absolute atomic E-state index is 13.7. The second-order valence-electron chi connectivity index (χ2n) is 14.0. The summed E-state index contributed by atoms with van der Waals surface area (Å²) in [6, 6.07) is 0. The summed E-state index contributed by atoms with van der Waals surface area (Å²) < 4.78 is 6.07. The molecule has 6 nitrogen and oxygen atoms in total. The number of ketones is 1. The molecule has 14 atom stereocenters. The Bertz CT molecular complexity index is 815. The minimum absolute atomic E-state index is 0.0687. The molecule has 4 saturated carbocycles. The molecule has 0 aromatic rings. The molecule has 5 fully saturated rings. The van der Waals surface area contributed by atoms with Crippen molar-refractivity contribution in [1.82, 2.24) is 0 Å². The molecule has 0 spiro atoms. The zero-order valence-electron chi connectivity index (χ0n) is 22.3. The number of ether oxygens (including phenoxy) is 1. The Morgan fingerprint density at radius 2 is 1.57 bits per heavy atom. The number of aliphatic hydroxyl groups is 4. The number of carbonyl (C=O) groups excluding carboxylic acids is 1. The summed E-state index contributed by atoms with van der Waals surface area (Å²) in [5, 5.41) is 43.5. The van der Waals surface area contributed by atoms with Gasteiger partial charge in [-0.1, -0.05) is 34.6 Å². The Labute approximate surface area is 210 Å². The third kappa shape index (κ3) is 3.96. The molecular weight excluding hydrogens is 444 g/mol. The van der Waals surface area contributed by atoms with Crippen molar-refractivity contribution in [2.75, 3.05) is 0 Å². The van der Waals surface area contributed by atoms with Crippen LogP contribution < -0.4 is 0 Å². The number of hydrogen-bond donors (Lipinski definition) is 4. The van der Waals surface area contributed by atoms with E-state index >= 15 is 0 Å². The van der Waals surface area contributed by atoms with Gasteiger partial charge in [-0.25, -0.2) is 0 Å². The summed E-state index contributed by atoms with van der Waals surface area (Å²) in [6.45, 7) is 11.1. The number of carbonyl (C=O) groups is 1. The number of Topliss-reactive ketones (excluding diaryl/α,β-unsaturated/α-hetero) is 1. The largest absolute Gasteiger partial charge is 0.393 e. The highest BCUT2D eigenvalue weighted by molar-refractivity contribution is 5.85. The molecule has 35 heavy (non-hydrogen) atoms. The maximum Gasteiger partial charge on any atom is 0.155 e. The van der Waals surface area contributed by atoms with E-state index in [4.69, 9.17) is 4.74 Å². The minimum Gasteiger partial charge on any atom is -0.393 e. The van der Waals surface area contributed by atoms with Gasteiger partial charge in [0, 0.05) is 24.7 Å². The SMILES string of the molecule is CC(C)[C@@H]1CC(O)OC([C@@H](C)[C@H]2CC(=O)[C@@H]3[C@@H]4C(O)C(O)C5CC(O)CC[C@]5(C)[C@H]4CC[C@]23C)C1. The van der Waals surface area contributed by atoms with Crippen molar-refractivity contribution in [3.8, 4) is 0 Å². The average molecular weight is 493 g/mol. The summed E-state index contributed by atoms with van der Waals surface area (Å²) in [5.41, 5.74) is -0.399. The van der Waals surface area contributed by atoms with Gasteiger partial charge in [-0.05, 0) is 84.9 Å². The molecule has 6 heteroatoms. The van der Waals surface area contributed by atoms with Gasteiger partial charge >= 0.3 is 0 Å². The van der Waals surface area contributed by atoms with Gasteiger partial charge in [0.1, 0.15) is 5.78 Å². The van der Waals surface area contributed by atoms with Gasteiger partial charge in [-0.2, -0.15) is 0 Å². The zero-order chi connectivity index (χ0) is 25.4. The molecule has 0 aromatic heterocycles. The first-order valence-corrected chi connectivity index (χ1v) is 14.3. The van der Waals surface area contributed by atoms with Gasteiger partial charge in [-0.15, -0.1) is 0 Å². The van der Waals surface area contributed by atoms with Crippen LogP contribution in [0.15, 0.2) is 0 Å². The van der Waals surface area contributed by atoms with Crippen LogP contribution in [0.4, 0.5) is 0 Å². The Balaban J connectivity index is 1.43. The Hall–Kier alpha value is -0.530. The number of hydrogen-bond acceptors (Lipinski definition) is 6. The Morgan fingerprint density at radius 3 is 2.26 bits per heavy atom. The normalized spacial score (nSPS) is 55.3. The standard InChI is InChI=1S/C29H48O6/c1-14(2)16-10-22(35-23(32)11-16)15(3)19-13-21(31)25-24-18(7-9-29(19,25)5)28(4)8-6-17(30)12-20(28)26(33)27(24)34/h14-20,22-27,30,32-34H,6-13H2,1-5H3/t15-,16-,17?,18-,19+,20?,22?,23?,24+,25+,26?,27?,28+,29+/m0/s1. The number of rotatable bonds is 3. The first kappa shape index (κ1) is 26.1. The van der Waals surface area contributed by atoms with Crippen molar-refractivity contribution >= 4 is 5.78 Å². The van der Waals surface area contributed by atoms with Crippen molar-refractivity contribution in [3.63, 3.8) is 0 Å². The lowest BCUT2D eigenvalue weighted by Crippen LogP contribution is -2.65. The predicted molar refractivity (Wildman–Crippen MR) is 132 cm³/mol. The molecule has 4 N–H and O–H groups in total. The fourth-order valence-electron chi connectivity index (χ4n) is 9.96. The van der Waals surface area contributed by atoms with E-state index in [1.54, 1.807) is 0 Å².